The number of aryl methyl sites for hydroxylation is 1. The SMILES string of the molecule is CC(CCO)CNC(=O)C1C2CCc3ccccc3C21. The first-order chi connectivity index (χ1) is 9.72. The van der Waals surface area contributed by atoms with Crippen molar-refractivity contribution in [2.45, 2.75) is 32.1 Å². The monoisotopic (exact) mass is 273 g/mol. The molecule has 3 heteroatoms. The molecular formula is C17H23NO2. The molecule has 2 aliphatic rings. The summed E-state index contributed by atoms with van der Waals surface area (Å²) in [7, 11) is 0. The second-order valence-electron chi connectivity index (χ2n) is 6.32. The van der Waals surface area contributed by atoms with Gasteiger partial charge in [0.15, 0.2) is 0 Å². The van der Waals surface area contributed by atoms with E-state index < -0.39 is 0 Å². The predicted octanol–water partition coefficient (Wildman–Crippen LogP) is 2.10. The molecule has 2 N–H and O–H groups in total. The fraction of sp³-hybridized carbons (Fsp3) is 0.588. The van der Waals surface area contributed by atoms with Crippen LogP contribution in [0.1, 0.15) is 36.8 Å². The Morgan fingerprint density at radius 3 is 3.05 bits per heavy atom. The molecule has 0 radical (unpaired) electrons. The summed E-state index contributed by atoms with van der Waals surface area (Å²) in [5, 5.41) is 12.0. The number of rotatable bonds is 5. The third-order valence-electron chi connectivity index (χ3n) is 4.88. The third kappa shape index (κ3) is 2.47. The van der Waals surface area contributed by atoms with Crippen molar-refractivity contribution >= 4 is 5.91 Å². The van der Waals surface area contributed by atoms with Crippen LogP contribution in [0.15, 0.2) is 24.3 Å². The Bertz CT molecular complexity index is 500. The summed E-state index contributed by atoms with van der Waals surface area (Å²) < 4.78 is 0. The van der Waals surface area contributed by atoms with Gasteiger partial charge < -0.3 is 10.4 Å². The number of amides is 1. The highest BCUT2D eigenvalue weighted by molar-refractivity contribution is 5.84. The quantitative estimate of drug-likeness (QED) is 0.863. The van der Waals surface area contributed by atoms with E-state index in [0.717, 1.165) is 19.3 Å². The maximum Gasteiger partial charge on any atom is 0.224 e. The minimum atomic E-state index is 0.181. The van der Waals surface area contributed by atoms with E-state index in [4.69, 9.17) is 5.11 Å². The summed E-state index contributed by atoms with van der Waals surface area (Å²) in [6.45, 7) is 2.93. The number of aliphatic hydroxyl groups is 1. The van der Waals surface area contributed by atoms with Crippen LogP contribution in [0.3, 0.4) is 0 Å². The number of nitrogens with one attached hydrogen (secondary N) is 1. The Balaban J connectivity index is 1.60. The highest BCUT2D eigenvalue weighted by Crippen LogP contribution is 2.59. The van der Waals surface area contributed by atoms with Crippen LogP contribution in [0.4, 0.5) is 0 Å². The molecule has 4 unspecified atom stereocenters. The normalized spacial score (nSPS) is 28.2. The first-order valence-corrected chi connectivity index (χ1v) is 7.68. The topological polar surface area (TPSA) is 49.3 Å². The van der Waals surface area contributed by atoms with Gasteiger partial charge in [0.05, 0.1) is 0 Å². The van der Waals surface area contributed by atoms with Crippen molar-refractivity contribution in [1.29, 1.82) is 0 Å². The Morgan fingerprint density at radius 2 is 2.25 bits per heavy atom. The maximum atomic E-state index is 12.3. The van der Waals surface area contributed by atoms with Crippen LogP contribution in [-0.2, 0) is 11.2 Å². The molecule has 0 bridgehead atoms. The van der Waals surface area contributed by atoms with Crippen molar-refractivity contribution < 1.29 is 9.90 Å². The molecule has 1 amide bonds. The summed E-state index contributed by atoms with van der Waals surface area (Å²) in [6, 6.07) is 8.56. The van der Waals surface area contributed by atoms with Gasteiger partial charge in [0, 0.05) is 19.1 Å². The average Bonchev–Trinajstić information content (AvgIpc) is 3.20. The van der Waals surface area contributed by atoms with E-state index in [9.17, 15) is 4.79 Å². The molecule has 1 saturated carbocycles. The number of hydrogen-bond donors (Lipinski definition) is 2. The zero-order valence-electron chi connectivity index (χ0n) is 12.0. The fourth-order valence-electron chi connectivity index (χ4n) is 3.64. The lowest BCUT2D eigenvalue weighted by molar-refractivity contribution is -0.122. The molecule has 1 fully saturated rings. The summed E-state index contributed by atoms with van der Waals surface area (Å²) in [4.78, 5) is 12.3. The molecule has 0 heterocycles. The molecule has 0 aromatic heterocycles. The predicted molar refractivity (Wildman–Crippen MR) is 78.4 cm³/mol. The Kier molecular flexibility index (Phi) is 3.79. The lowest BCUT2D eigenvalue weighted by Crippen LogP contribution is -2.30. The van der Waals surface area contributed by atoms with Gasteiger partial charge in [0.25, 0.3) is 0 Å². The zero-order chi connectivity index (χ0) is 14.1. The van der Waals surface area contributed by atoms with Crippen molar-refractivity contribution in [3.05, 3.63) is 35.4 Å². The van der Waals surface area contributed by atoms with E-state index in [2.05, 4.69) is 36.5 Å². The van der Waals surface area contributed by atoms with Gasteiger partial charge in [-0.15, -0.1) is 0 Å². The van der Waals surface area contributed by atoms with Gasteiger partial charge in [-0.3, -0.25) is 4.79 Å². The average molecular weight is 273 g/mol. The minimum Gasteiger partial charge on any atom is -0.396 e. The Hall–Kier alpha value is -1.35. The summed E-state index contributed by atoms with van der Waals surface area (Å²) in [6.07, 6.45) is 3.01. The van der Waals surface area contributed by atoms with E-state index in [0.29, 0.717) is 24.3 Å². The molecule has 3 nitrogen and oxygen atoms in total. The first kappa shape index (κ1) is 13.6. The van der Waals surface area contributed by atoms with Crippen LogP contribution in [0, 0.1) is 17.8 Å². The number of benzene rings is 1. The molecule has 108 valence electrons. The van der Waals surface area contributed by atoms with Gasteiger partial charge >= 0.3 is 0 Å². The number of fused-ring (bicyclic) bond motifs is 3. The highest BCUT2D eigenvalue weighted by atomic mass is 16.3. The lowest BCUT2D eigenvalue weighted by Gasteiger charge is -2.13. The summed E-state index contributed by atoms with van der Waals surface area (Å²) in [5.41, 5.74) is 2.82. The largest absolute Gasteiger partial charge is 0.396 e. The summed E-state index contributed by atoms with van der Waals surface area (Å²) in [5.74, 6) is 1.74. The highest BCUT2D eigenvalue weighted by Gasteiger charge is 2.56. The Labute approximate surface area is 120 Å². The minimum absolute atomic E-state index is 0.181. The number of aliphatic hydroxyl groups excluding tert-OH is 1. The van der Waals surface area contributed by atoms with Crippen molar-refractivity contribution in [3.63, 3.8) is 0 Å². The van der Waals surface area contributed by atoms with Crippen molar-refractivity contribution in [3.8, 4) is 0 Å². The molecule has 2 aliphatic carbocycles. The second kappa shape index (κ2) is 5.57. The molecule has 1 aromatic carbocycles. The molecule has 4 atom stereocenters. The zero-order valence-corrected chi connectivity index (χ0v) is 12.0. The van der Waals surface area contributed by atoms with Crippen molar-refractivity contribution in [2.24, 2.45) is 17.8 Å². The number of hydrogen-bond acceptors (Lipinski definition) is 2. The van der Waals surface area contributed by atoms with E-state index >= 15 is 0 Å². The van der Waals surface area contributed by atoms with Gasteiger partial charge in [-0.2, -0.15) is 0 Å². The van der Waals surface area contributed by atoms with E-state index in [1.807, 2.05) is 0 Å². The van der Waals surface area contributed by atoms with Crippen LogP contribution in [-0.4, -0.2) is 24.2 Å². The van der Waals surface area contributed by atoms with Crippen molar-refractivity contribution in [1.82, 2.24) is 5.32 Å². The second-order valence-corrected chi connectivity index (χ2v) is 6.32. The van der Waals surface area contributed by atoms with Gasteiger partial charge in [-0.05, 0) is 48.1 Å². The fourth-order valence-corrected chi connectivity index (χ4v) is 3.64. The van der Waals surface area contributed by atoms with Crippen LogP contribution in [0.2, 0.25) is 0 Å². The molecule has 0 aliphatic heterocycles. The molecule has 1 aromatic rings. The molecule has 0 spiro atoms. The smallest absolute Gasteiger partial charge is 0.224 e. The molecular weight excluding hydrogens is 250 g/mol. The first-order valence-electron chi connectivity index (χ1n) is 7.68. The van der Waals surface area contributed by atoms with Crippen LogP contribution in [0.5, 0.6) is 0 Å². The third-order valence-corrected chi connectivity index (χ3v) is 4.88. The number of carbonyl (C=O) groups excluding carboxylic acids is 1. The summed E-state index contributed by atoms with van der Waals surface area (Å²) >= 11 is 0. The van der Waals surface area contributed by atoms with E-state index in [-0.39, 0.29) is 18.4 Å². The number of carbonyl (C=O) groups is 1. The maximum absolute atomic E-state index is 12.3. The molecule has 0 saturated heterocycles. The van der Waals surface area contributed by atoms with Crippen LogP contribution < -0.4 is 5.32 Å². The molecule has 3 rings (SSSR count). The van der Waals surface area contributed by atoms with Crippen LogP contribution >= 0.6 is 0 Å². The standard InChI is InChI=1S/C17H23NO2/c1-11(8-9-19)10-18-17(20)16-14-7-6-12-4-2-3-5-13(12)15(14)16/h2-5,11,14-16,19H,6-10H2,1H3,(H,18,20). The van der Waals surface area contributed by atoms with Gasteiger partial charge in [-0.25, -0.2) is 0 Å². The van der Waals surface area contributed by atoms with E-state index in [1.54, 1.807) is 0 Å². The lowest BCUT2D eigenvalue weighted by atomic mass is 9.92. The van der Waals surface area contributed by atoms with Gasteiger partial charge in [0.1, 0.15) is 0 Å². The van der Waals surface area contributed by atoms with Gasteiger partial charge in [-0.1, -0.05) is 31.2 Å². The van der Waals surface area contributed by atoms with Gasteiger partial charge in [0.2, 0.25) is 5.91 Å². The Morgan fingerprint density at radius 1 is 1.45 bits per heavy atom. The molecule has 20 heavy (non-hydrogen) atoms. The van der Waals surface area contributed by atoms with Crippen molar-refractivity contribution in [2.75, 3.05) is 13.2 Å². The van der Waals surface area contributed by atoms with Crippen LogP contribution in [0.25, 0.3) is 0 Å². The van der Waals surface area contributed by atoms with E-state index in [1.165, 1.54) is 11.1 Å².